The average molecular weight is 253 g/mol. The van der Waals surface area contributed by atoms with E-state index < -0.39 is 0 Å². The smallest absolute Gasteiger partial charge is 0.0108 e. The second-order valence-electron chi connectivity index (χ2n) is 4.30. The van der Waals surface area contributed by atoms with Gasteiger partial charge in [0.25, 0.3) is 0 Å². The molecule has 2 rings (SSSR count). The highest BCUT2D eigenvalue weighted by Gasteiger charge is 2.23. The lowest BCUT2D eigenvalue weighted by Gasteiger charge is -2.20. The van der Waals surface area contributed by atoms with E-state index >= 15 is 0 Å². The van der Waals surface area contributed by atoms with Crippen LogP contribution >= 0.6 is 23.5 Å². The Morgan fingerprint density at radius 1 is 1.44 bits per heavy atom. The summed E-state index contributed by atoms with van der Waals surface area (Å²) < 4.78 is 0. The van der Waals surface area contributed by atoms with Gasteiger partial charge in [0.1, 0.15) is 0 Å². The molecule has 0 saturated carbocycles. The van der Waals surface area contributed by atoms with Crippen LogP contribution in [0.1, 0.15) is 11.5 Å². The average Bonchev–Trinajstić information content (AvgIpc) is 2.70. The van der Waals surface area contributed by atoms with Crippen molar-refractivity contribution in [3.05, 3.63) is 29.8 Å². The summed E-state index contributed by atoms with van der Waals surface area (Å²) in [6, 6.07) is 8.86. The first-order chi connectivity index (χ1) is 7.81. The van der Waals surface area contributed by atoms with Crippen LogP contribution in [0.5, 0.6) is 0 Å². The molecule has 0 aliphatic carbocycles. The highest BCUT2D eigenvalue weighted by Crippen LogP contribution is 2.39. The lowest BCUT2D eigenvalue weighted by atomic mass is 10.0. The van der Waals surface area contributed by atoms with Crippen molar-refractivity contribution in [2.24, 2.45) is 0 Å². The zero-order valence-corrected chi connectivity index (χ0v) is 11.6. The molecule has 16 heavy (non-hydrogen) atoms. The first kappa shape index (κ1) is 12.3. The fourth-order valence-corrected chi connectivity index (χ4v) is 3.83. The van der Waals surface area contributed by atoms with Crippen molar-refractivity contribution in [2.75, 3.05) is 37.9 Å². The first-order valence-corrected chi connectivity index (χ1v) is 8.08. The number of likely N-dealkylation sites (N-methyl/N-ethyl adjacent to an activating group) is 1. The third-order valence-electron chi connectivity index (χ3n) is 3.01. The van der Waals surface area contributed by atoms with Gasteiger partial charge in [-0.15, -0.1) is 11.8 Å². The Kier molecular flexibility index (Phi) is 4.62. The molecule has 0 N–H and O–H groups in total. The van der Waals surface area contributed by atoms with E-state index in [1.165, 1.54) is 29.5 Å². The van der Waals surface area contributed by atoms with E-state index in [0.29, 0.717) is 0 Å². The normalized spacial score (nSPS) is 19.1. The number of rotatable bonds is 5. The predicted molar refractivity (Wildman–Crippen MR) is 75.8 cm³/mol. The van der Waals surface area contributed by atoms with Gasteiger partial charge < -0.3 is 4.90 Å². The molecule has 1 unspecified atom stereocenters. The minimum Gasteiger partial charge on any atom is -0.305 e. The largest absolute Gasteiger partial charge is 0.305 e. The molecule has 1 nitrogen and oxygen atoms in total. The van der Waals surface area contributed by atoms with Crippen LogP contribution in [-0.4, -0.2) is 42.8 Å². The maximum Gasteiger partial charge on any atom is 0.0108 e. The summed E-state index contributed by atoms with van der Waals surface area (Å²) in [7, 11) is 2.24. The molecular weight excluding hydrogens is 234 g/mol. The number of benzene rings is 1. The van der Waals surface area contributed by atoms with Crippen molar-refractivity contribution < 1.29 is 0 Å². The second-order valence-corrected chi connectivity index (χ2v) is 6.35. The van der Waals surface area contributed by atoms with Crippen molar-refractivity contribution in [3.8, 4) is 0 Å². The quantitative estimate of drug-likeness (QED) is 0.793. The molecule has 0 bridgehead atoms. The van der Waals surface area contributed by atoms with Crippen molar-refractivity contribution in [2.45, 2.75) is 10.8 Å². The van der Waals surface area contributed by atoms with Crippen LogP contribution in [0.25, 0.3) is 0 Å². The minimum absolute atomic E-state index is 0.730. The molecule has 1 atom stereocenters. The molecule has 1 aliphatic heterocycles. The van der Waals surface area contributed by atoms with Crippen LogP contribution in [0.3, 0.4) is 0 Å². The van der Waals surface area contributed by atoms with Gasteiger partial charge in [-0.1, -0.05) is 18.2 Å². The molecule has 88 valence electrons. The lowest BCUT2D eigenvalue weighted by molar-refractivity contribution is 0.338. The lowest BCUT2D eigenvalue weighted by Crippen LogP contribution is -2.26. The van der Waals surface area contributed by atoms with Crippen molar-refractivity contribution in [1.29, 1.82) is 0 Å². The summed E-state index contributed by atoms with van der Waals surface area (Å²) in [5.74, 6) is 3.22. The summed E-state index contributed by atoms with van der Waals surface area (Å²) in [5.41, 5.74) is 1.56. The van der Waals surface area contributed by atoms with Crippen LogP contribution < -0.4 is 0 Å². The molecule has 0 aromatic heterocycles. The van der Waals surface area contributed by atoms with Gasteiger partial charge >= 0.3 is 0 Å². The van der Waals surface area contributed by atoms with Gasteiger partial charge in [0.15, 0.2) is 0 Å². The van der Waals surface area contributed by atoms with Crippen LogP contribution in [0.4, 0.5) is 0 Å². The molecular formula is C13H19NS2. The van der Waals surface area contributed by atoms with Crippen molar-refractivity contribution in [1.82, 2.24) is 4.90 Å². The van der Waals surface area contributed by atoms with E-state index in [0.717, 1.165) is 5.92 Å². The third kappa shape index (κ3) is 2.96. The van der Waals surface area contributed by atoms with Gasteiger partial charge in [0, 0.05) is 35.4 Å². The fraction of sp³-hybridized carbons (Fsp3) is 0.538. The van der Waals surface area contributed by atoms with Crippen LogP contribution in [0.2, 0.25) is 0 Å². The Balaban J connectivity index is 1.92. The van der Waals surface area contributed by atoms with Crippen LogP contribution in [0, 0.1) is 0 Å². The SMILES string of the molecule is CSCCN(C)CC1CSc2ccccc21. The first-order valence-electron chi connectivity index (χ1n) is 5.70. The zero-order valence-electron chi connectivity index (χ0n) is 9.98. The van der Waals surface area contributed by atoms with E-state index in [9.17, 15) is 0 Å². The van der Waals surface area contributed by atoms with E-state index in [1.54, 1.807) is 5.56 Å². The highest BCUT2D eigenvalue weighted by atomic mass is 32.2. The number of hydrogen-bond acceptors (Lipinski definition) is 3. The summed E-state index contributed by atoms with van der Waals surface area (Å²) in [6.07, 6.45) is 2.18. The summed E-state index contributed by atoms with van der Waals surface area (Å²) in [6.45, 7) is 2.40. The Labute approximate surface area is 107 Å². The molecule has 1 heterocycles. The van der Waals surface area contributed by atoms with Gasteiger partial charge in [0.2, 0.25) is 0 Å². The molecule has 0 fully saturated rings. The summed E-state index contributed by atoms with van der Waals surface area (Å²) >= 11 is 3.94. The topological polar surface area (TPSA) is 3.24 Å². The van der Waals surface area contributed by atoms with E-state index in [1.807, 2.05) is 23.5 Å². The van der Waals surface area contributed by atoms with Gasteiger partial charge in [0.05, 0.1) is 0 Å². The summed E-state index contributed by atoms with van der Waals surface area (Å²) in [4.78, 5) is 3.95. The number of thioether (sulfide) groups is 2. The van der Waals surface area contributed by atoms with Gasteiger partial charge in [-0.2, -0.15) is 11.8 Å². The van der Waals surface area contributed by atoms with E-state index in [4.69, 9.17) is 0 Å². The maximum atomic E-state index is 2.46. The van der Waals surface area contributed by atoms with E-state index in [2.05, 4.69) is 42.5 Å². The molecule has 1 aliphatic rings. The monoisotopic (exact) mass is 253 g/mol. The fourth-order valence-electron chi connectivity index (χ4n) is 2.10. The maximum absolute atomic E-state index is 2.46. The number of fused-ring (bicyclic) bond motifs is 1. The zero-order chi connectivity index (χ0) is 11.4. The molecule has 1 aromatic rings. The second kappa shape index (κ2) is 5.99. The molecule has 1 aromatic carbocycles. The van der Waals surface area contributed by atoms with Crippen LogP contribution in [-0.2, 0) is 0 Å². The van der Waals surface area contributed by atoms with Gasteiger partial charge in [-0.05, 0) is 24.9 Å². The minimum atomic E-state index is 0.730. The Morgan fingerprint density at radius 2 is 2.25 bits per heavy atom. The van der Waals surface area contributed by atoms with Gasteiger partial charge in [-0.3, -0.25) is 0 Å². The predicted octanol–water partition coefficient (Wildman–Crippen LogP) is 3.17. The number of nitrogens with zero attached hydrogens (tertiary/aromatic N) is 1. The standard InChI is InChI=1S/C13H19NS2/c1-14(7-8-15-2)9-11-10-16-13-6-4-3-5-12(11)13/h3-6,11H,7-10H2,1-2H3. The molecule has 0 radical (unpaired) electrons. The molecule has 0 amide bonds. The highest BCUT2D eigenvalue weighted by molar-refractivity contribution is 7.99. The molecule has 0 spiro atoms. The Morgan fingerprint density at radius 3 is 3.06 bits per heavy atom. The molecule has 3 heteroatoms. The number of hydrogen-bond donors (Lipinski definition) is 0. The third-order valence-corrected chi connectivity index (χ3v) is 4.85. The van der Waals surface area contributed by atoms with Gasteiger partial charge in [-0.25, -0.2) is 0 Å². The molecule has 0 saturated heterocycles. The summed E-state index contributed by atoms with van der Waals surface area (Å²) in [5, 5.41) is 0. The van der Waals surface area contributed by atoms with Crippen molar-refractivity contribution in [3.63, 3.8) is 0 Å². The van der Waals surface area contributed by atoms with Crippen LogP contribution in [0.15, 0.2) is 29.2 Å². The Bertz CT molecular complexity index is 340. The van der Waals surface area contributed by atoms with E-state index in [-0.39, 0.29) is 0 Å². The Hall–Kier alpha value is -0.120. The van der Waals surface area contributed by atoms with Crippen molar-refractivity contribution >= 4 is 23.5 Å².